The highest BCUT2D eigenvalue weighted by atomic mass is 32.1. The third-order valence-corrected chi connectivity index (χ3v) is 4.18. The number of piperidine rings is 1. The summed E-state index contributed by atoms with van der Waals surface area (Å²) < 4.78 is 0. The fraction of sp³-hybridized carbons (Fsp3) is 0.727. The van der Waals surface area contributed by atoms with Gasteiger partial charge in [-0.3, -0.25) is 0 Å². The smallest absolute Gasteiger partial charge is 0.0936 e. The molecule has 2 nitrogen and oxygen atoms in total. The van der Waals surface area contributed by atoms with E-state index >= 15 is 0 Å². The van der Waals surface area contributed by atoms with Crippen molar-refractivity contribution in [2.24, 2.45) is 0 Å². The summed E-state index contributed by atoms with van der Waals surface area (Å²) in [5.74, 6) is 1.60. The fourth-order valence-corrected chi connectivity index (χ4v) is 3.27. The number of thiol groups is 1. The zero-order valence-electron chi connectivity index (χ0n) is 9.15. The van der Waals surface area contributed by atoms with Crippen LogP contribution >= 0.6 is 24.0 Å². The molecule has 1 fully saturated rings. The summed E-state index contributed by atoms with van der Waals surface area (Å²) in [5, 5.41) is 3.49. The zero-order valence-corrected chi connectivity index (χ0v) is 10.9. The van der Waals surface area contributed by atoms with Gasteiger partial charge in [0.25, 0.3) is 0 Å². The molecule has 0 aliphatic carbocycles. The Balaban J connectivity index is 1.96. The lowest BCUT2D eigenvalue weighted by Crippen LogP contribution is -2.29. The number of likely N-dealkylation sites (tertiary alicyclic amines) is 1. The van der Waals surface area contributed by atoms with E-state index in [4.69, 9.17) is 4.98 Å². The summed E-state index contributed by atoms with van der Waals surface area (Å²) in [6, 6.07) is 0. The van der Waals surface area contributed by atoms with Crippen molar-refractivity contribution in [1.29, 1.82) is 0 Å². The molecule has 15 heavy (non-hydrogen) atoms. The highest BCUT2D eigenvalue weighted by Gasteiger charge is 2.20. The Morgan fingerprint density at radius 1 is 1.53 bits per heavy atom. The molecule has 4 heteroatoms. The van der Waals surface area contributed by atoms with E-state index < -0.39 is 0 Å². The molecule has 0 saturated carbocycles. The summed E-state index contributed by atoms with van der Waals surface area (Å²) in [5.41, 5.74) is 1.32. The number of nitrogens with zero attached hydrogens (tertiary/aromatic N) is 2. The second-order valence-corrected chi connectivity index (χ2v) is 5.61. The van der Waals surface area contributed by atoms with Crippen molar-refractivity contribution in [1.82, 2.24) is 9.88 Å². The second kappa shape index (κ2) is 5.32. The third-order valence-electron chi connectivity index (χ3n) is 3.03. The fourth-order valence-electron chi connectivity index (χ4n) is 2.03. The van der Waals surface area contributed by atoms with Gasteiger partial charge in [0.2, 0.25) is 0 Å². The molecule has 1 aliphatic rings. The quantitative estimate of drug-likeness (QED) is 0.820. The molecule has 1 saturated heterocycles. The van der Waals surface area contributed by atoms with E-state index in [0.29, 0.717) is 5.92 Å². The summed E-state index contributed by atoms with van der Waals surface area (Å²) in [6.45, 7) is 2.42. The van der Waals surface area contributed by atoms with E-state index in [2.05, 4.69) is 30.0 Å². The van der Waals surface area contributed by atoms with E-state index in [1.54, 1.807) is 11.3 Å². The maximum atomic E-state index is 4.70. The van der Waals surface area contributed by atoms with E-state index in [0.717, 1.165) is 12.2 Å². The number of aryl methyl sites for hydroxylation is 1. The van der Waals surface area contributed by atoms with Crippen LogP contribution in [-0.2, 0) is 6.42 Å². The van der Waals surface area contributed by atoms with Gasteiger partial charge in [0.15, 0.2) is 0 Å². The average Bonchev–Trinajstić information content (AvgIpc) is 2.68. The lowest BCUT2D eigenvalue weighted by atomic mass is 9.95. The van der Waals surface area contributed by atoms with Crippen molar-refractivity contribution in [3.63, 3.8) is 0 Å². The monoisotopic (exact) mass is 242 g/mol. The van der Waals surface area contributed by atoms with Gasteiger partial charge in [0, 0.05) is 17.7 Å². The third kappa shape index (κ3) is 2.95. The molecule has 0 aromatic carbocycles. The van der Waals surface area contributed by atoms with Crippen LogP contribution in [0.25, 0.3) is 0 Å². The number of aromatic nitrogens is 1. The van der Waals surface area contributed by atoms with Gasteiger partial charge in [-0.05, 0) is 38.7 Å². The first kappa shape index (κ1) is 11.4. The van der Waals surface area contributed by atoms with Gasteiger partial charge < -0.3 is 4.90 Å². The Kier molecular flexibility index (Phi) is 4.05. The van der Waals surface area contributed by atoms with Crippen molar-refractivity contribution >= 4 is 24.0 Å². The van der Waals surface area contributed by atoms with Crippen LogP contribution < -0.4 is 0 Å². The molecule has 0 amide bonds. The highest BCUT2D eigenvalue weighted by molar-refractivity contribution is 7.80. The van der Waals surface area contributed by atoms with Crippen molar-refractivity contribution in [2.75, 3.05) is 25.9 Å². The van der Waals surface area contributed by atoms with Crippen molar-refractivity contribution in [2.45, 2.75) is 25.2 Å². The van der Waals surface area contributed by atoms with E-state index in [1.165, 1.54) is 36.6 Å². The Bertz CT molecular complexity index is 303. The number of rotatable bonds is 3. The first-order valence-electron chi connectivity index (χ1n) is 5.53. The molecule has 0 spiro atoms. The number of thiazole rings is 1. The van der Waals surface area contributed by atoms with Crippen LogP contribution in [0.1, 0.15) is 29.5 Å². The van der Waals surface area contributed by atoms with E-state index in [1.807, 2.05) is 0 Å². The zero-order chi connectivity index (χ0) is 10.7. The summed E-state index contributed by atoms with van der Waals surface area (Å²) >= 11 is 6.04. The molecular formula is C11H18N2S2. The Morgan fingerprint density at radius 2 is 2.27 bits per heavy atom. The molecule has 2 rings (SSSR count). The van der Waals surface area contributed by atoms with Crippen LogP contribution in [0.15, 0.2) is 5.38 Å². The SMILES string of the molecule is CN1CCC(c2csc(CCS)n2)CC1. The minimum absolute atomic E-state index is 0.700. The van der Waals surface area contributed by atoms with Crippen LogP contribution in [0, 0.1) is 0 Å². The standard InChI is InChI=1S/C11H18N2S2/c1-13-5-2-9(3-6-13)10-8-15-11(12-10)4-7-14/h8-9,14H,2-7H2,1H3. The van der Waals surface area contributed by atoms with Crippen LogP contribution in [0.5, 0.6) is 0 Å². The topological polar surface area (TPSA) is 16.1 Å². The molecule has 0 radical (unpaired) electrons. The molecule has 1 aromatic rings. The molecule has 0 unspecified atom stereocenters. The Hall–Kier alpha value is -0.0600. The molecule has 1 aromatic heterocycles. The lowest BCUT2D eigenvalue weighted by Gasteiger charge is -2.27. The highest BCUT2D eigenvalue weighted by Crippen LogP contribution is 2.28. The average molecular weight is 242 g/mol. The number of hydrogen-bond acceptors (Lipinski definition) is 4. The Labute approximate surface area is 101 Å². The largest absolute Gasteiger partial charge is 0.306 e. The first-order chi connectivity index (χ1) is 7.29. The van der Waals surface area contributed by atoms with E-state index in [9.17, 15) is 0 Å². The predicted octanol–water partition coefficient (Wildman–Crippen LogP) is 2.42. The van der Waals surface area contributed by atoms with Gasteiger partial charge in [0.05, 0.1) is 10.7 Å². The van der Waals surface area contributed by atoms with Crippen molar-refractivity contribution in [3.8, 4) is 0 Å². The Morgan fingerprint density at radius 3 is 2.93 bits per heavy atom. The molecule has 84 valence electrons. The summed E-state index contributed by atoms with van der Waals surface area (Å²) in [7, 11) is 2.20. The van der Waals surface area contributed by atoms with Crippen molar-refractivity contribution < 1.29 is 0 Å². The molecular weight excluding hydrogens is 224 g/mol. The number of hydrogen-bond donors (Lipinski definition) is 1. The maximum Gasteiger partial charge on any atom is 0.0936 e. The normalized spacial score (nSPS) is 19.6. The molecule has 1 aliphatic heterocycles. The molecule has 0 atom stereocenters. The van der Waals surface area contributed by atoms with Crippen LogP contribution in [0.4, 0.5) is 0 Å². The van der Waals surface area contributed by atoms with Gasteiger partial charge in [-0.25, -0.2) is 4.98 Å². The second-order valence-electron chi connectivity index (χ2n) is 4.22. The van der Waals surface area contributed by atoms with Gasteiger partial charge in [-0.1, -0.05) is 0 Å². The van der Waals surface area contributed by atoms with Crippen LogP contribution in [-0.4, -0.2) is 35.8 Å². The van der Waals surface area contributed by atoms with Crippen LogP contribution in [0.3, 0.4) is 0 Å². The molecule has 2 heterocycles. The minimum Gasteiger partial charge on any atom is -0.306 e. The van der Waals surface area contributed by atoms with Gasteiger partial charge in [-0.2, -0.15) is 12.6 Å². The summed E-state index contributed by atoms with van der Waals surface area (Å²) in [6.07, 6.45) is 3.54. The lowest BCUT2D eigenvalue weighted by molar-refractivity contribution is 0.253. The van der Waals surface area contributed by atoms with Crippen LogP contribution in [0.2, 0.25) is 0 Å². The van der Waals surface area contributed by atoms with Gasteiger partial charge in [-0.15, -0.1) is 11.3 Å². The summed E-state index contributed by atoms with van der Waals surface area (Å²) in [4.78, 5) is 7.10. The maximum absolute atomic E-state index is 4.70. The molecule has 0 N–H and O–H groups in total. The van der Waals surface area contributed by atoms with Gasteiger partial charge >= 0.3 is 0 Å². The van der Waals surface area contributed by atoms with Crippen molar-refractivity contribution in [3.05, 3.63) is 16.1 Å². The predicted molar refractivity (Wildman–Crippen MR) is 69.1 cm³/mol. The first-order valence-corrected chi connectivity index (χ1v) is 7.04. The van der Waals surface area contributed by atoms with E-state index in [-0.39, 0.29) is 0 Å². The minimum atomic E-state index is 0.700. The van der Waals surface area contributed by atoms with Gasteiger partial charge in [0.1, 0.15) is 0 Å². The molecule has 0 bridgehead atoms.